The molecule has 4 atom stereocenters. The quantitative estimate of drug-likeness (QED) is 0.825. The molecule has 3 aliphatic rings. The molecule has 0 radical (unpaired) electrons. The minimum atomic E-state index is -0.0561. The van der Waals surface area contributed by atoms with Crippen LogP contribution in [0.25, 0.3) is 0 Å². The summed E-state index contributed by atoms with van der Waals surface area (Å²) in [7, 11) is 0. The molecular weight excluding hydrogens is 226 g/mol. The van der Waals surface area contributed by atoms with Crippen LogP contribution in [-0.2, 0) is 0 Å². The molecule has 1 amide bonds. The molecule has 1 aromatic rings. The normalized spacial score (nSPS) is 39.4. The van der Waals surface area contributed by atoms with Gasteiger partial charge in [0.25, 0.3) is 5.91 Å². The highest BCUT2D eigenvalue weighted by atomic mass is 16.1. The second kappa shape index (κ2) is 3.46. The number of rotatable bonds is 2. The standard InChI is InChI=1S/C14H17N3O/c15-13-9(2-1-5-16-13)14(18)17-12-10-7-3-4-8(6-7)11(10)12/h1-2,5,7-8,10-12H,3-4,6H2,(H2,15,16)(H,17,18). The maximum Gasteiger partial charge on any atom is 0.255 e. The summed E-state index contributed by atoms with van der Waals surface area (Å²) in [4.78, 5) is 16.1. The number of aromatic nitrogens is 1. The summed E-state index contributed by atoms with van der Waals surface area (Å²) < 4.78 is 0. The van der Waals surface area contributed by atoms with Crippen LogP contribution in [0.4, 0.5) is 5.82 Å². The van der Waals surface area contributed by atoms with Crippen molar-refractivity contribution in [3.63, 3.8) is 0 Å². The predicted molar refractivity (Wildman–Crippen MR) is 67.7 cm³/mol. The van der Waals surface area contributed by atoms with Crippen molar-refractivity contribution in [3.05, 3.63) is 23.9 Å². The zero-order valence-corrected chi connectivity index (χ0v) is 10.2. The monoisotopic (exact) mass is 243 g/mol. The molecule has 94 valence electrons. The Labute approximate surface area is 106 Å². The first-order valence-electron chi connectivity index (χ1n) is 6.77. The van der Waals surface area contributed by atoms with Gasteiger partial charge in [-0.1, -0.05) is 0 Å². The number of nitrogens with one attached hydrogen (secondary N) is 1. The Morgan fingerprint density at radius 2 is 2.06 bits per heavy atom. The van der Waals surface area contributed by atoms with Crippen LogP contribution in [0, 0.1) is 23.7 Å². The summed E-state index contributed by atoms with van der Waals surface area (Å²) in [6.07, 6.45) is 5.75. The van der Waals surface area contributed by atoms with Crippen molar-refractivity contribution in [2.45, 2.75) is 25.3 Å². The molecule has 4 unspecified atom stereocenters. The van der Waals surface area contributed by atoms with E-state index in [1.165, 1.54) is 19.3 Å². The Kier molecular flexibility index (Phi) is 1.99. The van der Waals surface area contributed by atoms with Gasteiger partial charge in [0.05, 0.1) is 5.56 Å². The van der Waals surface area contributed by atoms with E-state index in [9.17, 15) is 4.79 Å². The van der Waals surface area contributed by atoms with Crippen LogP contribution in [-0.4, -0.2) is 16.9 Å². The first-order valence-corrected chi connectivity index (χ1v) is 6.77. The van der Waals surface area contributed by atoms with Gasteiger partial charge in [-0.15, -0.1) is 0 Å². The summed E-state index contributed by atoms with van der Waals surface area (Å²) in [6, 6.07) is 3.90. The molecule has 0 aliphatic heterocycles. The first-order chi connectivity index (χ1) is 8.75. The molecule has 2 bridgehead atoms. The van der Waals surface area contributed by atoms with Crippen molar-refractivity contribution in [1.82, 2.24) is 10.3 Å². The third kappa shape index (κ3) is 1.32. The fourth-order valence-corrected chi connectivity index (χ4v) is 4.36. The molecule has 1 aromatic heterocycles. The minimum Gasteiger partial charge on any atom is -0.383 e. The summed E-state index contributed by atoms with van der Waals surface area (Å²) >= 11 is 0. The topological polar surface area (TPSA) is 68.0 Å². The highest BCUT2D eigenvalue weighted by molar-refractivity contribution is 5.98. The lowest BCUT2D eigenvalue weighted by atomic mass is 10.0. The maximum atomic E-state index is 12.1. The van der Waals surface area contributed by atoms with Crippen LogP contribution in [0.2, 0.25) is 0 Å². The molecule has 0 aromatic carbocycles. The SMILES string of the molecule is Nc1ncccc1C(=O)NC1C2C3CCC(C3)C12. The Balaban J connectivity index is 1.48. The third-order valence-electron chi connectivity index (χ3n) is 5.12. The maximum absolute atomic E-state index is 12.1. The van der Waals surface area contributed by atoms with Gasteiger partial charge in [0.15, 0.2) is 0 Å². The van der Waals surface area contributed by atoms with Crippen molar-refractivity contribution in [2.24, 2.45) is 23.7 Å². The van der Waals surface area contributed by atoms with Gasteiger partial charge < -0.3 is 11.1 Å². The number of hydrogen-bond acceptors (Lipinski definition) is 3. The summed E-state index contributed by atoms with van der Waals surface area (Å²) in [5.41, 5.74) is 6.24. The zero-order chi connectivity index (χ0) is 12.3. The van der Waals surface area contributed by atoms with E-state index >= 15 is 0 Å². The second-order valence-corrected chi connectivity index (χ2v) is 5.92. The van der Waals surface area contributed by atoms with Crippen molar-refractivity contribution < 1.29 is 4.79 Å². The molecule has 0 saturated heterocycles. The fraction of sp³-hybridized carbons (Fsp3) is 0.571. The average molecular weight is 243 g/mol. The van der Waals surface area contributed by atoms with Gasteiger partial charge in [0.2, 0.25) is 0 Å². The molecule has 4 rings (SSSR count). The Hall–Kier alpha value is -1.58. The van der Waals surface area contributed by atoms with Crippen LogP contribution in [0.3, 0.4) is 0 Å². The predicted octanol–water partition coefficient (Wildman–Crippen LogP) is 1.44. The van der Waals surface area contributed by atoms with E-state index in [-0.39, 0.29) is 5.91 Å². The van der Waals surface area contributed by atoms with Crippen molar-refractivity contribution in [2.75, 3.05) is 5.73 Å². The smallest absolute Gasteiger partial charge is 0.255 e. The van der Waals surface area contributed by atoms with E-state index in [0.29, 0.717) is 17.4 Å². The molecular formula is C14H17N3O. The molecule has 3 N–H and O–H groups in total. The van der Waals surface area contributed by atoms with E-state index in [0.717, 1.165) is 23.7 Å². The van der Waals surface area contributed by atoms with E-state index in [1.54, 1.807) is 18.3 Å². The Morgan fingerprint density at radius 3 is 2.72 bits per heavy atom. The summed E-state index contributed by atoms with van der Waals surface area (Å²) in [5, 5.41) is 3.15. The molecule has 3 fully saturated rings. The third-order valence-corrected chi connectivity index (χ3v) is 5.12. The van der Waals surface area contributed by atoms with Gasteiger partial charge in [-0.25, -0.2) is 4.98 Å². The Morgan fingerprint density at radius 1 is 1.33 bits per heavy atom. The molecule has 1 heterocycles. The van der Waals surface area contributed by atoms with E-state index in [2.05, 4.69) is 10.3 Å². The highest BCUT2D eigenvalue weighted by Crippen LogP contribution is 2.65. The summed E-state index contributed by atoms with van der Waals surface area (Å²) in [6.45, 7) is 0. The fourth-order valence-electron chi connectivity index (χ4n) is 4.36. The van der Waals surface area contributed by atoms with Gasteiger partial charge in [-0.3, -0.25) is 4.79 Å². The van der Waals surface area contributed by atoms with E-state index in [1.807, 2.05) is 0 Å². The zero-order valence-electron chi connectivity index (χ0n) is 10.2. The van der Waals surface area contributed by atoms with Gasteiger partial charge in [0.1, 0.15) is 5.82 Å². The number of carbonyl (C=O) groups excluding carboxylic acids is 1. The Bertz CT molecular complexity index is 500. The largest absolute Gasteiger partial charge is 0.383 e. The van der Waals surface area contributed by atoms with Crippen molar-refractivity contribution in [1.29, 1.82) is 0 Å². The lowest BCUT2D eigenvalue weighted by Crippen LogP contribution is -2.30. The van der Waals surface area contributed by atoms with Crippen molar-refractivity contribution in [3.8, 4) is 0 Å². The molecule has 4 nitrogen and oxygen atoms in total. The number of anilines is 1. The van der Waals surface area contributed by atoms with Crippen LogP contribution >= 0.6 is 0 Å². The molecule has 18 heavy (non-hydrogen) atoms. The number of pyridine rings is 1. The van der Waals surface area contributed by atoms with Crippen LogP contribution in [0.5, 0.6) is 0 Å². The average Bonchev–Trinajstić information content (AvgIpc) is 2.77. The van der Waals surface area contributed by atoms with E-state index < -0.39 is 0 Å². The highest BCUT2D eigenvalue weighted by Gasteiger charge is 2.65. The lowest BCUT2D eigenvalue weighted by molar-refractivity contribution is 0.0945. The van der Waals surface area contributed by atoms with Crippen LogP contribution < -0.4 is 11.1 Å². The second-order valence-electron chi connectivity index (χ2n) is 5.92. The number of nitrogens with two attached hydrogens (primary N) is 1. The van der Waals surface area contributed by atoms with Crippen LogP contribution in [0.1, 0.15) is 29.6 Å². The number of nitrogen functional groups attached to an aromatic ring is 1. The molecule has 3 aliphatic carbocycles. The number of hydrogen-bond donors (Lipinski definition) is 2. The van der Waals surface area contributed by atoms with Gasteiger partial charge in [0, 0.05) is 12.2 Å². The van der Waals surface area contributed by atoms with Crippen LogP contribution in [0.15, 0.2) is 18.3 Å². The van der Waals surface area contributed by atoms with Crippen molar-refractivity contribution >= 4 is 11.7 Å². The number of amides is 1. The van der Waals surface area contributed by atoms with Gasteiger partial charge in [-0.05, 0) is 55.1 Å². The number of nitrogens with zero attached hydrogens (tertiary/aromatic N) is 1. The first kappa shape index (κ1) is 10.4. The number of carbonyl (C=O) groups is 1. The van der Waals surface area contributed by atoms with Gasteiger partial charge >= 0.3 is 0 Å². The number of fused-ring (bicyclic) bond motifs is 5. The minimum absolute atomic E-state index is 0.0561. The molecule has 0 spiro atoms. The molecule has 3 saturated carbocycles. The molecule has 4 heteroatoms. The lowest BCUT2D eigenvalue weighted by Gasteiger charge is -2.11. The van der Waals surface area contributed by atoms with E-state index in [4.69, 9.17) is 5.73 Å². The van der Waals surface area contributed by atoms with Gasteiger partial charge in [-0.2, -0.15) is 0 Å². The summed E-state index contributed by atoms with van der Waals surface area (Å²) in [5.74, 6) is 3.52.